The van der Waals surface area contributed by atoms with E-state index < -0.39 is 0 Å². The van der Waals surface area contributed by atoms with Crippen LogP contribution in [0, 0.1) is 6.92 Å². The molecule has 1 aromatic heterocycles. The van der Waals surface area contributed by atoms with E-state index in [1.54, 1.807) is 0 Å². The van der Waals surface area contributed by atoms with Gasteiger partial charge in [0.25, 0.3) is 0 Å². The fourth-order valence-electron chi connectivity index (χ4n) is 3.93. The van der Waals surface area contributed by atoms with E-state index >= 15 is 0 Å². The van der Waals surface area contributed by atoms with Gasteiger partial charge in [0.15, 0.2) is 5.75 Å². The number of carbonyl (C=O) groups is 1. The van der Waals surface area contributed by atoms with Crippen molar-refractivity contribution in [3.63, 3.8) is 0 Å². The molecule has 3 heteroatoms. The summed E-state index contributed by atoms with van der Waals surface area (Å²) >= 11 is 0. The summed E-state index contributed by atoms with van der Waals surface area (Å²) in [6, 6.07) is 20.7. The van der Waals surface area contributed by atoms with Crippen LogP contribution in [0.15, 0.2) is 60.7 Å². The minimum Gasteiger partial charge on any atom is -0.424 e. The van der Waals surface area contributed by atoms with Crippen molar-refractivity contribution in [2.75, 3.05) is 0 Å². The van der Waals surface area contributed by atoms with Crippen molar-refractivity contribution in [3.05, 3.63) is 77.4 Å². The Morgan fingerprint density at radius 1 is 0.920 bits per heavy atom. The molecule has 0 spiro atoms. The Morgan fingerprint density at radius 2 is 1.72 bits per heavy atom. The van der Waals surface area contributed by atoms with E-state index in [0.717, 1.165) is 32.9 Å². The van der Waals surface area contributed by atoms with Crippen LogP contribution in [0.2, 0.25) is 0 Å². The Bertz CT molecular complexity index is 1130. The molecule has 1 unspecified atom stereocenters. The van der Waals surface area contributed by atoms with Crippen LogP contribution in [0.3, 0.4) is 0 Å². The number of nitrogens with one attached hydrogen (secondary N) is 1. The van der Waals surface area contributed by atoms with Gasteiger partial charge in [0.05, 0.1) is 11.9 Å². The van der Waals surface area contributed by atoms with Crippen LogP contribution in [0.25, 0.3) is 21.8 Å². The zero-order valence-corrected chi connectivity index (χ0v) is 13.9. The number of hydrogen-bond donors (Lipinski definition) is 1. The molecule has 1 atom stereocenters. The molecule has 0 fully saturated rings. The SMILES string of the molecule is Cc1cccc2c1[nH]c1c3c(ccc12)C(c1ccccc1)CC(=O)O3. The van der Waals surface area contributed by atoms with E-state index in [9.17, 15) is 4.79 Å². The Morgan fingerprint density at radius 3 is 2.56 bits per heavy atom. The van der Waals surface area contributed by atoms with E-state index in [1.165, 1.54) is 5.56 Å². The number of hydrogen-bond acceptors (Lipinski definition) is 2. The third-order valence-corrected chi connectivity index (χ3v) is 5.17. The Balaban J connectivity index is 1.81. The monoisotopic (exact) mass is 327 g/mol. The summed E-state index contributed by atoms with van der Waals surface area (Å²) in [4.78, 5) is 15.8. The van der Waals surface area contributed by atoms with Crippen molar-refractivity contribution in [1.29, 1.82) is 0 Å². The van der Waals surface area contributed by atoms with Gasteiger partial charge >= 0.3 is 5.97 Å². The molecule has 1 N–H and O–H groups in total. The highest BCUT2D eigenvalue weighted by Crippen LogP contribution is 2.44. The Hall–Kier alpha value is -3.07. The standard InChI is InChI=1S/C22H17NO2/c1-13-6-5-9-15-16-10-11-17-18(14-7-3-2-4-8-14)12-19(24)25-22(17)21(16)23-20(13)15/h2-11,18,23H,12H2,1H3. The predicted molar refractivity (Wildman–Crippen MR) is 99.1 cm³/mol. The largest absolute Gasteiger partial charge is 0.424 e. The molecule has 1 aliphatic rings. The first-order chi connectivity index (χ1) is 12.2. The van der Waals surface area contributed by atoms with Crippen LogP contribution in [0.5, 0.6) is 5.75 Å². The fraction of sp³-hybridized carbons (Fsp3) is 0.136. The number of fused-ring (bicyclic) bond motifs is 5. The molecule has 3 nitrogen and oxygen atoms in total. The zero-order valence-electron chi connectivity index (χ0n) is 13.9. The third kappa shape index (κ3) is 2.09. The van der Waals surface area contributed by atoms with Gasteiger partial charge in [-0.25, -0.2) is 0 Å². The minimum absolute atomic E-state index is 0.0364. The number of esters is 1. The van der Waals surface area contributed by atoms with Crippen molar-refractivity contribution >= 4 is 27.8 Å². The van der Waals surface area contributed by atoms with E-state index in [1.807, 2.05) is 18.2 Å². The fourth-order valence-corrected chi connectivity index (χ4v) is 3.93. The van der Waals surface area contributed by atoms with Crippen LogP contribution < -0.4 is 4.74 Å². The highest BCUT2D eigenvalue weighted by molar-refractivity contribution is 6.11. The lowest BCUT2D eigenvalue weighted by atomic mass is 9.86. The number of H-pyrrole nitrogens is 1. The topological polar surface area (TPSA) is 42.1 Å². The maximum atomic E-state index is 12.3. The van der Waals surface area contributed by atoms with Crippen LogP contribution in [0.1, 0.15) is 29.0 Å². The minimum atomic E-state index is -0.177. The number of carbonyl (C=O) groups excluding carboxylic acids is 1. The van der Waals surface area contributed by atoms with Crippen LogP contribution in [0.4, 0.5) is 0 Å². The van der Waals surface area contributed by atoms with Gasteiger partial charge in [-0.15, -0.1) is 0 Å². The molecule has 0 radical (unpaired) electrons. The summed E-state index contributed by atoms with van der Waals surface area (Å²) in [6.45, 7) is 2.09. The van der Waals surface area contributed by atoms with Crippen molar-refractivity contribution < 1.29 is 9.53 Å². The number of ether oxygens (including phenoxy) is 1. The third-order valence-electron chi connectivity index (χ3n) is 5.17. The lowest BCUT2D eigenvalue weighted by Crippen LogP contribution is -2.21. The predicted octanol–water partition coefficient (Wildman–Crippen LogP) is 5.07. The quantitative estimate of drug-likeness (QED) is 0.392. The Kier molecular flexibility index (Phi) is 2.98. The van der Waals surface area contributed by atoms with Gasteiger partial charge in [0.1, 0.15) is 0 Å². The van der Waals surface area contributed by atoms with Crippen LogP contribution in [-0.2, 0) is 4.79 Å². The van der Waals surface area contributed by atoms with Gasteiger partial charge in [-0.3, -0.25) is 4.79 Å². The van der Waals surface area contributed by atoms with E-state index in [2.05, 4.69) is 54.4 Å². The second-order valence-corrected chi connectivity index (χ2v) is 6.67. The molecule has 5 rings (SSSR count). The average Bonchev–Trinajstić information content (AvgIpc) is 3.02. The van der Waals surface area contributed by atoms with Crippen molar-refractivity contribution in [3.8, 4) is 5.75 Å². The zero-order chi connectivity index (χ0) is 17.0. The van der Waals surface area contributed by atoms with Gasteiger partial charge in [0.2, 0.25) is 0 Å². The molecule has 25 heavy (non-hydrogen) atoms. The van der Waals surface area contributed by atoms with Crippen molar-refractivity contribution in [2.45, 2.75) is 19.3 Å². The highest BCUT2D eigenvalue weighted by Gasteiger charge is 2.30. The molecular weight excluding hydrogens is 310 g/mol. The number of aromatic nitrogens is 1. The Labute approximate surface area is 145 Å². The lowest BCUT2D eigenvalue weighted by Gasteiger charge is -2.25. The van der Waals surface area contributed by atoms with E-state index in [0.29, 0.717) is 12.2 Å². The molecular formula is C22H17NO2. The van der Waals surface area contributed by atoms with Gasteiger partial charge in [0, 0.05) is 27.8 Å². The molecule has 1 aliphatic heterocycles. The van der Waals surface area contributed by atoms with Crippen molar-refractivity contribution in [2.24, 2.45) is 0 Å². The summed E-state index contributed by atoms with van der Waals surface area (Å²) in [7, 11) is 0. The number of aromatic amines is 1. The average molecular weight is 327 g/mol. The summed E-state index contributed by atoms with van der Waals surface area (Å²) in [6.07, 6.45) is 0.377. The maximum absolute atomic E-state index is 12.3. The van der Waals surface area contributed by atoms with E-state index in [4.69, 9.17) is 4.74 Å². The highest BCUT2D eigenvalue weighted by atomic mass is 16.5. The van der Waals surface area contributed by atoms with Crippen LogP contribution >= 0.6 is 0 Å². The molecule has 0 amide bonds. The summed E-state index contributed by atoms with van der Waals surface area (Å²) in [5, 5.41) is 2.26. The summed E-state index contributed by atoms with van der Waals surface area (Å²) < 4.78 is 5.70. The molecule has 0 bridgehead atoms. The van der Waals surface area contributed by atoms with Gasteiger partial charge in [-0.05, 0) is 18.1 Å². The van der Waals surface area contributed by atoms with E-state index in [-0.39, 0.29) is 11.9 Å². The first kappa shape index (κ1) is 14.3. The molecule has 0 aliphatic carbocycles. The summed E-state index contributed by atoms with van der Waals surface area (Å²) in [5.41, 5.74) is 5.42. The molecule has 4 aromatic rings. The number of benzene rings is 3. The number of rotatable bonds is 1. The van der Waals surface area contributed by atoms with Crippen molar-refractivity contribution in [1.82, 2.24) is 4.98 Å². The smallest absolute Gasteiger partial charge is 0.312 e. The van der Waals surface area contributed by atoms with Gasteiger partial charge < -0.3 is 9.72 Å². The first-order valence-electron chi connectivity index (χ1n) is 8.52. The van der Waals surface area contributed by atoms with Gasteiger partial charge in [-0.2, -0.15) is 0 Å². The van der Waals surface area contributed by atoms with Gasteiger partial charge in [-0.1, -0.05) is 60.7 Å². The molecule has 0 saturated heterocycles. The molecule has 2 heterocycles. The molecule has 3 aromatic carbocycles. The lowest BCUT2D eigenvalue weighted by molar-refractivity contribution is -0.135. The maximum Gasteiger partial charge on any atom is 0.312 e. The second-order valence-electron chi connectivity index (χ2n) is 6.67. The molecule has 0 saturated carbocycles. The van der Waals surface area contributed by atoms with Crippen LogP contribution in [-0.4, -0.2) is 11.0 Å². The summed E-state index contributed by atoms with van der Waals surface area (Å²) in [5.74, 6) is 0.539. The molecule has 122 valence electrons. The number of para-hydroxylation sites is 1. The second kappa shape index (κ2) is 5.21. The first-order valence-corrected chi connectivity index (χ1v) is 8.52. The number of aryl methyl sites for hydroxylation is 1. The normalized spacial score (nSPS) is 16.8.